The average Bonchev–Trinajstić information content (AvgIpc) is 3.07. The van der Waals surface area contributed by atoms with Crippen molar-refractivity contribution in [3.05, 3.63) is 60.0 Å². The number of halogens is 3. The summed E-state index contributed by atoms with van der Waals surface area (Å²) in [5, 5.41) is 14.3. The van der Waals surface area contributed by atoms with Crippen LogP contribution in [-0.4, -0.2) is 33.5 Å². The molecule has 2 aromatic heterocycles. The van der Waals surface area contributed by atoms with Crippen LogP contribution in [0.2, 0.25) is 0 Å². The molecule has 0 aliphatic rings. The maximum atomic E-state index is 12.5. The van der Waals surface area contributed by atoms with Crippen molar-refractivity contribution in [3.8, 4) is 5.75 Å². The molecule has 2 N–H and O–H groups in total. The SMILES string of the molecule is CCNC(=NCc1ccccc1OC(F)(F)F)NCc1nnc2ccccn12. The fourth-order valence-electron chi connectivity index (χ4n) is 2.54. The molecule has 0 saturated carbocycles. The molecular formula is C18H19F3N6O. The first-order chi connectivity index (χ1) is 13.5. The zero-order chi connectivity index (χ0) is 20.0. The molecule has 0 bridgehead atoms. The first-order valence-electron chi connectivity index (χ1n) is 8.61. The quantitative estimate of drug-likeness (QED) is 0.498. The van der Waals surface area contributed by atoms with Crippen LogP contribution in [0, 0.1) is 0 Å². The van der Waals surface area contributed by atoms with Gasteiger partial charge in [-0.1, -0.05) is 24.3 Å². The van der Waals surface area contributed by atoms with Crippen LogP contribution in [0.1, 0.15) is 18.3 Å². The van der Waals surface area contributed by atoms with Crippen molar-refractivity contribution in [3.63, 3.8) is 0 Å². The second-order valence-electron chi connectivity index (χ2n) is 5.75. The van der Waals surface area contributed by atoms with E-state index in [1.807, 2.05) is 35.7 Å². The number of hydrogen-bond donors (Lipinski definition) is 2. The van der Waals surface area contributed by atoms with Crippen LogP contribution < -0.4 is 15.4 Å². The van der Waals surface area contributed by atoms with E-state index in [1.54, 1.807) is 12.1 Å². The predicted octanol–water partition coefficient (Wildman–Crippen LogP) is 2.88. The second-order valence-corrected chi connectivity index (χ2v) is 5.75. The van der Waals surface area contributed by atoms with Gasteiger partial charge in [0.25, 0.3) is 0 Å². The van der Waals surface area contributed by atoms with E-state index in [1.165, 1.54) is 12.1 Å². The van der Waals surface area contributed by atoms with E-state index < -0.39 is 6.36 Å². The number of pyridine rings is 1. The van der Waals surface area contributed by atoms with Crippen LogP contribution in [0.4, 0.5) is 13.2 Å². The number of ether oxygens (including phenoxy) is 1. The maximum Gasteiger partial charge on any atom is 0.573 e. The highest BCUT2D eigenvalue weighted by molar-refractivity contribution is 5.79. The van der Waals surface area contributed by atoms with Crippen LogP contribution in [0.3, 0.4) is 0 Å². The Morgan fingerprint density at radius 2 is 1.89 bits per heavy atom. The van der Waals surface area contributed by atoms with Crippen molar-refractivity contribution in [2.75, 3.05) is 6.54 Å². The fraction of sp³-hybridized carbons (Fsp3) is 0.278. The van der Waals surface area contributed by atoms with E-state index in [9.17, 15) is 13.2 Å². The van der Waals surface area contributed by atoms with Crippen molar-refractivity contribution in [2.45, 2.75) is 26.4 Å². The lowest BCUT2D eigenvalue weighted by Gasteiger charge is -2.13. The summed E-state index contributed by atoms with van der Waals surface area (Å²) in [7, 11) is 0. The van der Waals surface area contributed by atoms with Gasteiger partial charge in [0, 0.05) is 18.3 Å². The first kappa shape index (κ1) is 19.5. The number of nitrogens with zero attached hydrogens (tertiary/aromatic N) is 4. The first-order valence-corrected chi connectivity index (χ1v) is 8.61. The summed E-state index contributed by atoms with van der Waals surface area (Å²) < 4.78 is 43.5. The Balaban J connectivity index is 1.71. The van der Waals surface area contributed by atoms with Gasteiger partial charge in [-0.2, -0.15) is 0 Å². The molecular weight excluding hydrogens is 373 g/mol. The highest BCUT2D eigenvalue weighted by Gasteiger charge is 2.31. The molecule has 0 spiro atoms. The largest absolute Gasteiger partial charge is 0.573 e. The van der Waals surface area contributed by atoms with Crippen LogP contribution >= 0.6 is 0 Å². The van der Waals surface area contributed by atoms with Gasteiger partial charge in [-0.15, -0.1) is 23.4 Å². The number of fused-ring (bicyclic) bond motifs is 1. The number of benzene rings is 1. The van der Waals surface area contributed by atoms with E-state index in [4.69, 9.17) is 0 Å². The van der Waals surface area contributed by atoms with Gasteiger partial charge in [0.05, 0.1) is 13.1 Å². The number of alkyl halides is 3. The predicted molar refractivity (Wildman–Crippen MR) is 97.8 cm³/mol. The normalized spacial score (nSPS) is 12.2. The molecule has 1 aromatic carbocycles. The van der Waals surface area contributed by atoms with E-state index in [-0.39, 0.29) is 12.3 Å². The van der Waals surface area contributed by atoms with E-state index in [0.717, 1.165) is 5.65 Å². The molecule has 0 radical (unpaired) electrons. The van der Waals surface area contributed by atoms with Gasteiger partial charge in [0.15, 0.2) is 17.4 Å². The van der Waals surface area contributed by atoms with Gasteiger partial charge in [-0.25, -0.2) is 4.99 Å². The van der Waals surface area contributed by atoms with Crippen LogP contribution in [-0.2, 0) is 13.1 Å². The van der Waals surface area contributed by atoms with Crippen LogP contribution in [0.5, 0.6) is 5.75 Å². The molecule has 148 valence electrons. The Kier molecular flexibility index (Phi) is 5.97. The molecule has 2 heterocycles. The molecule has 0 atom stereocenters. The average molecular weight is 392 g/mol. The number of para-hydroxylation sites is 1. The smallest absolute Gasteiger partial charge is 0.405 e. The van der Waals surface area contributed by atoms with Gasteiger partial charge in [-0.05, 0) is 25.1 Å². The molecule has 0 amide bonds. The molecule has 28 heavy (non-hydrogen) atoms. The summed E-state index contributed by atoms with van der Waals surface area (Å²) in [4.78, 5) is 4.34. The van der Waals surface area contributed by atoms with Crippen LogP contribution in [0.15, 0.2) is 53.7 Å². The van der Waals surface area contributed by atoms with Crippen molar-refractivity contribution >= 4 is 11.6 Å². The zero-order valence-electron chi connectivity index (χ0n) is 15.1. The van der Waals surface area contributed by atoms with Crippen molar-refractivity contribution in [2.24, 2.45) is 4.99 Å². The Morgan fingerprint density at radius 1 is 1.11 bits per heavy atom. The molecule has 0 fully saturated rings. The Morgan fingerprint density at radius 3 is 2.68 bits per heavy atom. The number of rotatable bonds is 6. The lowest BCUT2D eigenvalue weighted by molar-refractivity contribution is -0.274. The van der Waals surface area contributed by atoms with Gasteiger partial charge in [0.1, 0.15) is 5.75 Å². The number of aliphatic imine (C=N–C) groups is 1. The summed E-state index contributed by atoms with van der Waals surface area (Å²) in [6.07, 6.45) is -2.90. The number of hydrogen-bond acceptors (Lipinski definition) is 4. The van der Waals surface area contributed by atoms with E-state index in [2.05, 4.69) is 30.6 Å². The third-order valence-corrected chi connectivity index (χ3v) is 3.75. The van der Waals surface area contributed by atoms with Gasteiger partial charge in [-0.3, -0.25) is 4.40 Å². The molecule has 0 unspecified atom stereocenters. The fourth-order valence-corrected chi connectivity index (χ4v) is 2.54. The second kappa shape index (κ2) is 8.59. The zero-order valence-corrected chi connectivity index (χ0v) is 15.1. The standard InChI is InChI=1S/C18H19F3N6O/c1-2-22-17(24-12-16-26-25-15-9-5-6-10-27(15)16)23-11-13-7-3-4-8-14(13)28-18(19,20)21/h3-10H,2,11-12H2,1H3,(H2,22,23,24). The molecule has 10 heteroatoms. The Bertz CT molecular complexity index is 954. The molecule has 3 rings (SSSR count). The van der Waals surface area contributed by atoms with Crippen molar-refractivity contribution in [1.82, 2.24) is 25.2 Å². The van der Waals surface area contributed by atoms with Crippen molar-refractivity contribution in [1.29, 1.82) is 0 Å². The number of nitrogens with one attached hydrogen (secondary N) is 2. The minimum Gasteiger partial charge on any atom is -0.405 e. The van der Waals surface area contributed by atoms with Crippen molar-refractivity contribution < 1.29 is 17.9 Å². The highest BCUT2D eigenvalue weighted by Crippen LogP contribution is 2.26. The third-order valence-electron chi connectivity index (χ3n) is 3.75. The summed E-state index contributed by atoms with van der Waals surface area (Å²) in [6.45, 7) is 2.84. The Labute approximate surface area is 159 Å². The third kappa shape index (κ3) is 5.12. The Hall–Kier alpha value is -3.30. The number of aromatic nitrogens is 3. The maximum absolute atomic E-state index is 12.5. The van der Waals surface area contributed by atoms with Gasteiger partial charge in [0.2, 0.25) is 0 Å². The van der Waals surface area contributed by atoms with Crippen LogP contribution in [0.25, 0.3) is 5.65 Å². The minimum absolute atomic E-state index is 0.0160. The van der Waals surface area contributed by atoms with E-state index in [0.29, 0.717) is 30.4 Å². The van der Waals surface area contributed by atoms with Gasteiger partial charge < -0.3 is 15.4 Å². The van der Waals surface area contributed by atoms with E-state index >= 15 is 0 Å². The molecule has 3 aromatic rings. The monoisotopic (exact) mass is 392 g/mol. The van der Waals surface area contributed by atoms with Gasteiger partial charge >= 0.3 is 6.36 Å². The number of guanidine groups is 1. The summed E-state index contributed by atoms with van der Waals surface area (Å²) >= 11 is 0. The minimum atomic E-state index is -4.75. The summed E-state index contributed by atoms with van der Waals surface area (Å²) in [6, 6.07) is 11.5. The lowest BCUT2D eigenvalue weighted by atomic mass is 10.2. The summed E-state index contributed by atoms with van der Waals surface area (Å²) in [5.74, 6) is 0.858. The molecule has 0 aliphatic carbocycles. The molecule has 0 aliphatic heterocycles. The molecule has 0 saturated heterocycles. The lowest BCUT2D eigenvalue weighted by Crippen LogP contribution is -2.37. The topological polar surface area (TPSA) is 75.8 Å². The summed E-state index contributed by atoms with van der Waals surface area (Å²) in [5.41, 5.74) is 1.05. The molecule has 7 nitrogen and oxygen atoms in total. The highest BCUT2D eigenvalue weighted by atomic mass is 19.4.